The Bertz CT molecular complexity index is 560. The second-order valence-electron chi connectivity index (χ2n) is 7.01. The van der Waals surface area contributed by atoms with Crippen LogP contribution in [0.2, 0.25) is 0 Å². The molecule has 0 unspecified atom stereocenters. The number of rotatable bonds is 12. The fourth-order valence-corrected chi connectivity index (χ4v) is 3.19. The van der Waals surface area contributed by atoms with Crippen LogP contribution in [0.5, 0.6) is 0 Å². The molecule has 1 amide bonds. The summed E-state index contributed by atoms with van der Waals surface area (Å²) >= 11 is 0. The maximum Gasteiger partial charge on any atom is 0.222 e. The number of furan rings is 1. The number of guanidine groups is 1. The predicted molar refractivity (Wildman–Crippen MR) is 111 cm³/mol. The second kappa shape index (κ2) is 14.0. The number of nitrogens with zero attached hydrogens (tertiary/aromatic N) is 2. The molecule has 2 rings (SSSR count). The maximum atomic E-state index is 12.1. The van der Waals surface area contributed by atoms with Crippen LogP contribution < -0.4 is 10.6 Å². The minimum atomic E-state index is 0.298. The summed E-state index contributed by atoms with van der Waals surface area (Å²) in [6.45, 7) is 7.47. The summed E-state index contributed by atoms with van der Waals surface area (Å²) in [6.07, 6.45) is 8.35. The number of hydrogen-bond acceptors (Lipinski definition) is 4. The lowest BCUT2D eigenvalue weighted by Crippen LogP contribution is -2.39. The van der Waals surface area contributed by atoms with Gasteiger partial charge in [-0.15, -0.1) is 0 Å². The van der Waals surface area contributed by atoms with Gasteiger partial charge in [-0.05, 0) is 44.7 Å². The average molecular weight is 393 g/mol. The Morgan fingerprint density at radius 2 is 2.14 bits per heavy atom. The van der Waals surface area contributed by atoms with E-state index in [1.54, 1.807) is 6.26 Å². The van der Waals surface area contributed by atoms with E-state index in [-0.39, 0.29) is 0 Å². The number of carbonyl (C=O) groups excluding carboxylic acids is 1. The van der Waals surface area contributed by atoms with Gasteiger partial charge in [-0.2, -0.15) is 0 Å². The van der Waals surface area contributed by atoms with Crippen LogP contribution in [0.3, 0.4) is 0 Å². The van der Waals surface area contributed by atoms with Gasteiger partial charge in [0.25, 0.3) is 0 Å². The molecule has 1 aromatic rings. The summed E-state index contributed by atoms with van der Waals surface area (Å²) in [7, 11) is 0. The molecule has 0 aliphatic carbocycles. The Balaban J connectivity index is 1.72. The van der Waals surface area contributed by atoms with Crippen molar-refractivity contribution in [1.82, 2.24) is 15.5 Å². The van der Waals surface area contributed by atoms with Crippen LogP contribution in [-0.2, 0) is 16.0 Å². The van der Waals surface area contributed by atoms with Crippen molar-refractivity contribution >= 4 is 11.9 Å². The monoisotopic (exact) mass is 392 g/mol. The van der Waals surface area contributed by atoms with Crippen LogP contribution in [0.1, 0.15) is 51.2 Å². The summed E-state index contributed by atoms with van der Waals surface area (Å²) in [4.78, 5) is 18.7. The predicted octanol–water partition coefficient (Wildman–Crippen LogP) is 2.58. The third-order valence-electron chi connectivity index (χ3n) is 4.73. The van der Waals surface area contributed by atoms with Gasteiger partial charge in [0.15, 0.2) is 5.96 Å². The summed E-state index contributed by atoms with van der Waals surface area (Å²) in [5, 5.41) is 6.73. The summed E-state index contributed by atoms with van der Waals surface area (Å²) in [5.41, 5.74) is 0. The Labute approximate surface area is 168 Å². The molecule has 1 fully saturated rings. The molecule has 158 valence electrons. The number of aliphatic imine (C=N–C) groups is 1. The van der Waals surface area contributed by atoms with Crippen molar-refractivity contribution < 1.29 is 13.9 Å². The molecule has 0 saturated carbocycles. The molecule has 0 bridgehead atoms. The Hall–Kier alpha value is -2.02. The van der Waals surface area contributed by atoms with Gasteiger partial charge < -0.3 is 24.7 Å². The summed E-state index contributed by atoms with van der Waals surface area (Å²) < 4.78 is 10.8. The van der Waals surface area contributed by atoms with Crippen LogP contribution >= 0.6 is 0 Å². The number of ether oxygens (including phenoxy) is 1. The fraction of sp³-hybridized carbons (Fsp3) is 0.714. The Kier molecular flexibility index (Phi) is 11.2. The molecule has 2 N–H and O–H groups in total. The Morgan fingerprint density at radius 3 is 2.96 bits per heavy atom. The van der Waals surface area contributed by atoms with E-state index >= 15 is 0 Å². The molecule has 1 aliphatic rings. The lowest BCUT2D eigenvalue weighted by atomic mass is 10.2. The minimum Gasteiger partial charge on any atom is -0.469 e. The van der Waals surface area contributed by atoms with E-state index in [9.17, 15) is 4.79 Å². The van der Waals surface area contributed by atoms with E-state index in [2.05, 4.69) is 15.6 Å². The second-order valence-corrected chi connectivity index (χ2v) is 7.01. The van der Waals surface area contributed by atoms with Crippen LogP contribution in [0, 0.1) is 0 Å². The summed E-state index contributed by atoms with van der Waals surface area (Å²) in [5.74, 6) is 2.07. The molecule has 0 aromatic carbocycles. The molecule has 0 radical (unpaired) electrons. The molecule has 7 heteroatoms. The van der Waals surface area contributed by atoms with Crippen LogP contribution in [0.15, 0.2) is 27.8 Å². The molecule has 0 spiro atoms. The highest BCUT2D eigenvalue weighted by Gasteiger charge is 2.15. The van der Waals surface area contributed by atoms with E-state index in [0.717, 1.165) is 89.6 Å². The maximum absolute atomic E-state index is 12.1. The molecule has 0 atom stereocenters. The van der Waals surface area contributed by atoms with Gasteiger partial charge in [0, 0.05) is 58.8 Å². The molecule has 7 nitrogen and oxygen atoms in total. The normalized spacial score (nSPS) is 15.5. The van der Waals surface area contributed by atoms with Gasteiger partial charge in [0.2, 0.25) is 5.91 Å². The van der Waals surface area contributed by atoms with Crippen LogP contribution in [0.25, 0.3) is 0 Å². The number of carbonyl (C=O) groups is 1. The highest BCUT2D eigenvalue weighted by molar-refractivity contribution is 5.79. The van der Waals surface area contributed by atoms with E-state index in [4.69, 9.17) is 9.15 Å². The van der Waals surface area contributed by atoms with E-state index in [0.29, 0.717) is 18.9 Å². The number of amides is 1. The van der Waals surface area contributed by atoms with Crippen molar-refractivity contribution in [2.75, 3.05) is 45.9 Å². The highest BCUT2D eigenvalue weighted by Crippen LogP contribution is 2.11. The molecule has 1 saturated heterocycles. The van der Waals surface area contributed by atoms with Gasteiger partial charge >= 0.3 is 0 Å². The van der Waals surface area contributed by atoms with Gasteiger partial charge in [-0.25, -0.2) is 0 Å². The fourth-order valence-electron chi connectivity index (χ4n) is 3.19. The van der Waals surface area contributed by atoms with E-state index in [1.807, 2.05) is 24.0 Å². The first-order valence-corrected chi connectivity index (χ1v) is 10.7. The number of likely N-dealkylation sites (tertiary alicyclic amines) is 1. The molecular formula is C21H36N4O3. The SMILES string of the molecule is CCOCCCNC(=NCCCN1CCCCCC1=O)NCCc1ccco1. The third kappa shape index (κ3) is 9.26. The topological polar surface area (TPSA) is 79.1 Å². The van der Waals surface area contributed by atoms with Crippen LogP contribution in [-0.4, -0.2) is 62.7 Å². The van der Waals surface area contributed by atoms with Crippen molar-refractivity contribution in [2.45, 2.75) is 51.9 Å². The van der Waals surface area contributed by atoms with Crippen molar-refractivity contribution in [3.8, 4) is 0 Å². The van der Waals surface area contributed by atoms with Crippen LogP contribution in [0.4, 0.5) is 0 Å². The van der Waals surface area contributed by atoms with Crippen molar-refractivity contribution in [2.24, 2.45) is 4.99 Å². The van der Waals surface area contributed by atoms with Gasteiger partial charge in [-0.3, -0.25) is 9.79 Å². The van der Waals surface area contributed by atoms with Crippen molar-refractivity contribution in [3.05, 3.63) is 24.2 Å². The first-order valence-electron chi connectivity index (χ1n) is 10.7. The highest BCUT2D eigenvalue weighted by atomic mass is 16.5. The number of hydrogen-bond donors (Lipinski definition) is 2. The van der Waals surface area contributed by atoms with E-state index < -0.39 is 0 Å². The number of nitrogens with one attached hydrogen (secondary N) is 2. The third-order valence-corrected chi connectivity index (χ3v) is 4.73. The quantitative estimate of drug-likeness (QED) is 0.325. The zero-order valence-corrected chi connectivity index (χ0v) is 17.3. The summed E-state index contributed by atoms with van der Waals surface area (Å²) in [6, 6.07) is 3.88. The van der Waals surface area contributed by atoms with Gasteiger partial charge in [0.1, 0.15) is 5.76 Å². The Morgan fingerprint density at radius 1 is 1.25 bits per heavy atom. The largest absolute Gasteiger partial charge is 0.469 e. The lowest BCUT2D eigenvalue weighted by molar-refractivity contribution is -0.130. The standard InChI is InChI=1S/C21H36N4O3/c1-2-27-17-8-13-23-21(24-14-11-19-9-6-18-28-19)22-12-7-16-25-15-5-3-4-10-20(25)26/h6,9,18H,2-5,7-8,10-17H2,1H3,(H2,22,23,24). The van der Waals surface area contributed by atoms with Gasteiger partial charge in [0.05, 0.1) is 6.26 Å². The van der Waals surface area contributed by atoms with Gasteiger partial charge in [-0.1, -0.05) is 6.42 Å². The van der Waals surface area contributed by atoms with E-state index in [1.165, 1.54) is 0 Å². The average Bonchev–Trinajstić information content (AvgIpc) is 3.13. The molecule has 2 heterocycles. The smallest absolute Gasteiger partial charge is 0.222 e. The molecule has 28 heavy (non-hydrogen) atoms. The van der Waals surface area contributed by atoms with Crippen molar-refractivity contribution in [3.63, 3.8) is 0 Å². The zero-order chi connectivity index (χ0) is 19.9. The lowest BCUT2D eigenvalue weighted by Gasteiger charge is -2.20. The first kappa shape index (κ1) is 22.3. The zero-order valence-electron chi connectivity index (χ0n) is 17.3. The first-order chi connectivity index (χ1) is 13.8. The minimum absolute atomic E-state index is 0.298. The molecular weight excluding hydrogens is 356 g/mol. The van der Waals surface area contributed by atoms with Crippen molar-refractivity contribution in [1.29, 1.82) is 0 Å². The molecule has 1 aromatic heterocycles. The molecule has 1 aliphatic heterocycles.